The fourth-order valence-electron chi connectivity index (χ4n) is 2.26. The molecule has 2 rings (SSSR count). The number of hydrogen-bond donors (Lipinski definition) is 1. The molecule has 2 aromatic rings. The van der Waals surface area contributed by atoms with E-state index in [-0.39, 0.29) is 30.4 Å². The third-order valence-corrected chi connectivity index (χ3v) is 3.55. The van der Waals surface area contributed by atoms with Crippen LogP contribution in [0.3, 0.4) is 0 Å². The Morgan fingerprint density at radius 2 is 1.88 bits per heavy atom. The standard InChI is InChI=1S/C18H20N2O6/c1-24-13-9-10-14(17(12-13)25-2)19-18(21)8-5-11-26-16-7-4-3-6-15(16)20(22)23/h3-4,6-7,9-10,12H,5,8,11H2,1-2H3,(H,19,21). The van der Waals surface area contributed by atoms with Crippen LogP contribution in [-0.4, -0.2) is 31.7 Å². The Balaban J connectivity index is 1.84. The monoisotopic (exact) mass is 360 g/mol. The average molecular weight is 360 g/mol. The number of carbonyl (C=O) groups is 1. The normalized spacial score (nSPS) is 10.1. The molecule has 0 radical (unpaired) electrons. The van der Waals surface area contributed by atoms with Gasteiger partial charge in [0, 0.05) is 18.6 Å². The van der Waals surface area contributed by atoms with Crippen molar-refractivity contribution in [2.24, 2.45) is 0 Å². The summed E-state index contributed by atoms with van der Waals surface area (Å²) in [7, 11) is 3.05. The molecule has 0 saturated carbocycles. The molecule has 0 unspecified atom stereocenters. The molecule has 1 amide bonds. The smallest absolute Gasteiger partial charge is 0.310 e. The number of nitro benzene ring substituents is 1. The van der Waals surface area contributed by atoms with Gasteiger partial charge in [0.25, 0.3) is 0 Å². The van der Waals surface area contributed by atoms with Crippen molar-refractivity contribution < 1.29 is 23.9 Å². The molecule has 0 bridgehead atoms. The first-order valence-corrected chi connectivity index (χ1v) is 7.93. The molecule has 0 spiro atoms. The average Bonchev–Trinajstić information content (AvgIpc) is 2.65. The Bertz CT molecular complexity index is 778. The number of benzene rings is 2. The first-order valence-electron chi connectivity index (χ1n) is 7.93. The molecule has 2 aromatic carbocycles. The molecule has 0 aromatic heterocycles. The topological polar surface area (TPSA) is 99.9 Å². The summed E-state index contributed by atoms with van der Waals surface area (Å²) in [5.41, 5.74) is 0.442. The highest BCUT2D eigenvalue weighted by atomic mass is 16.6. The third-order valence-electron chi connectivity index (χ3n) is 3.55. The van der Waals surface area contributed by atoms with Gasteiger partial charge in [-0.1, -0.05) is 12.1 Å². The van der Waals surface area contributed by atoms with Crippen molar-refractivity contribution in [2.75, 3.05) is 26.1 Å². The molecule has 0 heterocycles. The van der Waals surface area contributed by atoms with Gasteiger partial charge in [-0.05, 0) is 24.6 Å². The number of ether oxygens (including phenoxy) is 3. The van der Waals surface area contributed by atoms with Crippen LogP contribution in [0.25, 0.3) is 0 Å². The van der Waals surface area contributed by atoms with Crippen LogP contribution in [0, 0.1) is 10.1 Å². The Morgan fingerprint density at radius 1 is 1.12 bits per heavy atom. The van der Waals surface area contributed by atoms with E-state index < -0.39 is 4.92 Å². The summed E-state index contributed by atoms with van der Waals surface area (Å²) in [4.78, 5) is 22.5. The van der Waals surface area contributed by atoms with E-state index in [0.717, 1.165) is 0 Å². The van der Waals surface area contributed by atoms with Gasteiger partial charge in [-0.3, -0.25) is 14.9 Å². The Kier molecular flexibility index (Phi) is 6.78. The Hall–Kier alpha value is -3.29. The molecule has 0 saturated heterocycles. The van der Waals surface area contributed by atoms with Gasteiger partial charge in [-0.15, -0.1) is 0 Å². The number of rotatable bonds is 9. The number of amides is 1. The second kappa shape index (κ2) is 9.26. The van der Waals surface area contributed by atoms with Crippen LogP contribution in [0.1, 0.15) is 12.8 Å². The van der Waals surface area contributed by atoms with E-state index in [9.17, 15) is 14.9 Å². The Morgan fingerprint density at radius 3 is 2.58 bits per heavy atom. The minimum absolute atomic E-state index is 0.0973. The number of methoxy groups -OCH3 is 2. The lowest BCUT2D eigenvalue weighted by atomic mass is 10.2. The van der Waals surface area contributed by atoms with Crippen LogP contribution < -0.4 is 19.5 Å². The minimum atomic E-state index is -0.502. The molecule has 0 aliphatic carbocycles. The van der Waals surface area contributed by atoms with Crippen molar-refractivity contribution in [2.45, 2.75) is 12.8 Å². The number of hydrogen-bond acceptors (Lipinski definition) is 6. The highest BCUT2D eigenvalue weighted by Gasteiger charge is 2.14. The summed E-state index contributed by atoms with van der Waals surface area (Å²) in [6.07, 6.45) is 0.617. The van der Waals surface area contributed by atoms with Crippen molar-refractivity contribution in [1.29, 1.82) is 0 Å². The summed E-state index contributed by atoms with van der Waals surface area (Å²) in [6, 6.07) is 11.2. The van der Waals surface area contributed by atoms with E-state index >= 15 is 0 Å². The second-order valence-corrected chi connectivity index (χ2v) is 5.29. The number of nitrogens with one attached hydrogen (secondary N) is 1. The van der Waals surface area contributed by atoms with Crippen molar-refractivity contribution in [3.05, 3.63) is 52.6 Å². The maximum Gasteiger partial charge on any atom is 0.310 e. The van der Waals surface area contributed by atoms with Gasteiger partial charge in [0.2, 0.25) is 5.91 Å². The van der Waals surface area contributed by atoms with E-state index in [1.165, 1.54) is 19.2 Å². The summed E-state index contributed by atoms with van der Waals surface area (Å²) >= 11 is 0. The summed E-state index contributed by atoms with van der Waals surface area (Å²) < 4.78 is 15.7. The fourth-order valence-corrected chi connectivity index (χ4v) is 2.26. The zero-order valence-corrected chi connectivity index (χ0v) is 14.6. The lowest BCUT2D eigenvalue weighted by Crippen LogP contribution is -2.13. The molecule has 0 fully saturated rings. The van der Waals surface area contributed by atoms with Gasteiger partial charge in [-0.2, -0.15) is 0 Å². The number of para-hydroxylation sites is 2. The molecule has 8 heteroatoms. The first-order chi connectivity index (χ1) is 12.5. The maximum absolute atomic E-state index is 12.1. The van der Waals surface area contributed by atoms with E-state index in [4.69, 9.17) is 14.2 Å². The summed E-state index contributed by atoms with van der Waals surface area (Å²) in [6.45, 7) is 0.192. The highest BCUT2D eigenvalue weighted by Crippen LogP contribution is 2.29. The number of nitro groups is 1. The predicted molar refractivity (Wildman–Crippen MR) is 96.0 cm³/mol. The number of carbonyl (C=O) groups excluding carboxylic acids is 1. The van der Waals surface area contributed by atoms with Crippen LogP contribution in [-0.2, 0) is 4.79 Å². The zero-order chi connectivity index (χ0) is 18.9. The molecule has 8 nitrogen and oxygen atoms in total. The lowest BCUT2D eigenvalue weighted by molar-refractivity contribution is -0.385. The number of anilines is 1. The van der Waals surface area contributed by atoms with Gasteiger partial charge >= 0.3 is 5.69 Å². The van der Waals surface area contributed by atoms with Gasteiger partial charge in [0.1, 0.15) is 11.5 Å². The van der Waals surface area contributed by atoms with E-state index in [0.29, 0.717) is 23.6 Å². The van der Waals surface area contributed by atoms with Crippen molar-refractivity contribution in [1.82, 2.24) is 0 Å². The van der Waals surface area contributed by atoms with Gasteiger partial charge in [-0.25, -0.2) is 0 Å². The van der Waals surface area contributed by atoms with Gasteiger partial charge < -0.3 is 19.5 Å². The van der Waals surface area contributed by atoms with Gasteiger partial charge in [0.05, 0.1) is 31.4 Å². The second-order valence-electron chi connectivity index (χ2n) is 5.29. The first kappa shape index (κ1) is 19.0. The summed E-state index contributed by atoms with van der Waals surface area (Å²) in [5, 5.41) is 13.7. The molecule has 0 aliphatic rings. The third kappa shape index (κ3) is 5.10. The largest absolute Gasteiger partial charge is 0.497 e. The van der Waals surface area contributed by atoms with Crippen LogP contribution in [0.4, 0.5) is 11.4 Å². The van der Waals surface area contributed by atoms with E-state index in [1.54, 1.807) is 37.4 Å². The maximum atomic E-state index is 12.1. The zero-order valence-electron chi connectivity index (χ0n) is 14.6. The van der Waals surface area contributed by atoms with Crippen molar-refractivity contribution >= 4 is 17.3 Å². The van der Waals surface area contributed by atoms with Crippen molar-refractivity contribution in [3.63, 3.8) is 0 Å². The summed E-state index contributed by atoms with van der Waals surface area (Å²) in [5.74, 6) is 1.10. The SMILES string of the molecule is COc1ccc(NC(=O)CCCOc2ccccc2[N+](=O)[O-])c(OC)c1. The fraction of sp³-hybridized carbons (Fsp3) is 0.278. The van der Waals surface area contributed by atoms with Crippen LogP contribution >= 0.6 is 0 Å². The van der Waals surface area contributed by atoms with Crippen LogP contribution in [0.5, 0.6) is 17.2 Å². The quantitative estimate of drug-likeness (QED) is 0.418. The molecule has 0 atom stereocenters. The minimum Gasteiger partial charge on any atom is -0.497 e. The molecule has 0 aliphatic heterocycles. The predicted octanol–water partition coefficient (Wildman–Crippen LogP) is 3.41. The van der Waals surface area contributed by atoms with E-state index in [2.05, 4.69) is 5.32 Å². The molecule has 1 N–H and O–H groups in total. The number of nitrogens with zero attached hydrogens (tertiary/aromatic N) is 1. The molecule has 138 valence electrons. The molecular weight excluding hydrogens is 340 g/mol. The Labute approximate surface area is 150 Å². The van der Waals surface area contributed by atoms with Crippen molar-refractivity contribution in [3.8, 4) is 17.2 Å². The van der Waals surface area contributed by atoms with E-state index in [1.807, 2.05) is 0 Å². The van der Waals surface area contributed by atoms with Crippen LogP contribution in [0.2, 0.25) is 0 Å². The molecule has 26 heavy (non-hydrogen) atoms. The van der Waals surface area contributed by atoms with Crippen LogP contribution in [0.15, 0.2) is 42.5 Å². The highest BCUT2D eigenvalue weighted by molar-refractivity contribution is 5.92. The molecular formula is C18H20N2O6. The van der Waals surface area contributed by atoms with Gasteiger partial charge in [0.15, 0.2) is 5.75 Å². The lowest BCUT2D eigenvalue weighted by Gasteiger charge is -2.11.